The first-order valence-electron chi connectivity index (χ1n) is 4.76. The molecule has 1 atom stereocenters. The van der Waals surface area contributed by atoms with Crippen molar-refractivity contribution in [3.05, 3.63) is 34.6 Å². The topological polar surface area (TPSA) is 20.2 Å². The summed E-state index contributed by atoms with van der Waals surface area (Å²) in [5, 5.41) is 9.66. The number of hydrogen-bond donors (Lipinski definition) is 1. The lowest BCUT2D eigenvalue weighted by molar-refractivity contribution is 0.164. The van der Waals surface area contributed by atoms with Gasteiger partial charge in [-0.05, 0) is 24.5 Å². The molecule has 1 aromatic rings. The van der Waals surface area contributed by atoms with Crippen LogP contribution < -0.4 is 0 Å². The first-order chi connectivity index (χ1) is 6.65. The van der Waals surface area contributed by atoms with Crippen LogP contribution in [0.4, 0.5) is 4.39 Å². The van der Waals surface area contributed by atoms with E-state index in [-0.39, 0.29) is 5.02 Å². The van der Waals surface area contributed by atoms with Gasteiger partial charge in [0.2, 0.25) is 0 Å². The van der Waals surface area contributed by atoms with Crippen LogP contribution in [0.25, 0.3) is 0 Å². The van der Waals surface area contributed by atoms with Crippen LogP contribution in [0.1, 0.15) is 25.3 Å². The van der Waals surface area contributed by atoms with E-state index in [4.69, 9.17) is 11.6 Å². The van der Waals surface area contributed by atoms with Crippen LogP contribution in [0.5, 0.6) is 0 Å². The second-order valence-corrected chi connectivity index (χ2v) is 3.74. The zero-order valence-electron chi connectivity index (χ0n) is 8.13. The van der Waals surface area contributed by atoms with Gasteiger partial charge < -0.3 is 5.11 Å². The Morgan fingerprint density at radius 2 is 2.21 bits per heavy atom. The molecule has 1 N–H and O–H groups in total. The lowest BCUT2D eigenvalue weighted by Gasteiger charge is -2.10. The zero-order chi connectivity index (χ0) is 10.6. The van der Waals surface area contributed by atoms with Gasteiger partial charge in [-0.2, -0.15) is 0 Å². The molecular weight excluding hydrogens is 203 g/mol. The highest BCUT2D eigenvalue weighted by molar-refractivity contribution is 6.31. The van der Waals surface area contributed by atoms with E-state index in [1.165, 1.54) is 6.07 Å². The maximum Gasteiger partial charge on any atom is 0.142 e. The maximum absolute atomic E-state index is 13.0. The van der Waals surface area contributed by atoms with Gasteiger partial charge in [-0.1, -0.05) is 37.1 Å². The molecule has 0 bridgehead atoms. The van der Waals surface area contributed by atoms with Gasteiger partial charge >= 0.3 is 0 Å². The van der Waals surface area contributed by atoms with E-state index < -0.39 is 11.9 Å². The van der Waals surface area contributed by atoms with Gasteiger partial charge in [0, 0.05) is 0 Å². The fourth-order valence-electron chi connectivity index (χ4n) is 1.40. The van der Waals surface area contributed by atoms with E-state index in [0.717, 1.165) is 6.42 Å². The minimum absolute atomic E-state index is 0.127. The molecule has 0 radical (unpaired) electrons. The second-order valence-electron chi connectivity index (χ2n) is 3.36. The molecule has 78 valence electrons. The minimum atomic E-state index is -0.431. The highest BCUT2D eigenvalue weighted by Crippen LogP contribution is 2.21. The predicted octanol–water partition coefficient (Wildman–Crippen LogP) is 3.18. The molecule has 1 nitrogen and oxygen atoms in total. The molecule has 0 amide bonds. The van der Waals surface area contributed by atoms with Crippen molar-refractivity contribution < 1.29 is 9.50 Å². The third-order valence-corrected chi connectivity index (χ3v) is 2.53. The molecule has 0 aliphatic carbocycles. The van der Waals surface area contributed by atoms with Crippen molar-refractivity contribution in [2.24, 2.45) is 0 Å². The summed E-state index contributed by atoms with van der Waals surface area (Å²) in [6, 6.07) is 4.66. The Morgan fingerprint density at radius 1 is 1.50 bits per heavy atom. The van der Waals surface area contributed by atoms with Crippen LogP contribution in [0.15, 0.2) is 18.2 Å². The van der Waals surface area contributed by atoms with Gasteiger partial charge in [0.1, 0.15) is 5.82 Å². The number of benzene rings is 1. The summed E-state index contributed by atoms with van der Waals surface area (Å²) in [4.78, 5) is 0. The number of hydrogen-bond acceptors (Lipinski definition) is 1. The Bertz CT molecular complexity index is 301. The largest absolute Gasteiger partial charge is 0.393 e. The van der Waals surface area contributed by atoms with Crippen LogP contribution in [-0.2, 0) is 6.42 Å². The molecule has 3 heteroatoms. The summed E-state index contributed by atoms with van der Waals surface area (Å²) in [5.41, 5.74) is 0.674. The monoisotopic (exact) mass is 216 g/mol. The van der Waals surface area contributed by atoms with Crippen LogP contribution in [-0.4, -0.2) is 11.2 Å². The number of halogens is 2. The molecule has 0 aliphatic heterocycles. The quantitative estimate of drug-likeness (QED) is 0.820. The molecule has 0 saturated carbocycles. The third-order valence-electron chi connectivity index (χ3n) is 2.11. The summed E-state index contributed by atoms with van der Waals surface area (Å²) in [5.74, 6) is -0.423. The highest BCUT2D eigenvalue weighted by atomic mass is 35.5. The average Bonchev–Trinajstić information content (AvgIpc) is 2.13. The van der Waals surface area contributed by atoms with E-state index >= 15 is 0 Å². The highest BCUT2D eigenvalue weighted by Gasteiger charge is 2.09. The molecule has 0 aliphatic rings. The van der Waals surface area contributed by atoms with Crippen LogP contribution in [0.3, 0.4) is 0 Å². The van der Waals surface area contributed by atoms with Gasteiger partial charge in [0.25, 0.3) is 0 Å². The Balaban J connectivity index is 2.71. The summed E-state index contributed by atoms with van der Waals surface area (Å²) in [6.07, 6.45) is 1.62. The van der Waals surface area contributed by atoms with E-state index in [9.17, 15) is 9.50 Å². The van der Waals surface area contributed by atoms with Crippen molar-refractivity contribution in [1.29, 1.82) is 0 Å². The number of rotatable bonds is 4. The smallest absolute Gasteiger partial charge is 0.142 e. The molecule has 0 fully saturated rings. The molecule has 1 unspecified atom stereocenters. The van der Waals surface area contributed by atoms with Crippen molar-refractivity contribution in [1.82, 2.24) is 0 Å². The van der Waals surface area contributed by atoms with Crippen LogP contribution in [0, 0.1) is 5.82 Å². The van der Waals surface area contributed by atoms with E-state index in [1.54, 1.807) is 12.1 Å². The number of aliphatic hydroxyl groups excluding tert-OH is 1. The summed E-state index contributed by atoms with van der Waals surface area (Å²) in [6.45, 7) is 2.00. The third kappa shape index (κ3) is 2.96. The van der Waals surface area contributed by atoms with Gasteiger partial charge in [-0.25, -0.2) is 4.39 Å². The fraction of sp³-hybridized carbons (Fsp3) is 0.455. The van der Waals surface area contributed by atoms with E-state index in [0.29, 0.717) is 18.4 Å². The minimum Gasteiger partial charge on any atom is -0.393 e. The molecule has 0 spiro atoms. The Morgan fingerprint density at radius 3 is 2.86 bits per heavy atom. The number of aliphatic hydroxyl groups is 1. The molecule has 0 saturated heterocycles. The van der Waals surface area contributed by atoms with Crippen molar-refractivity contribution in [2.45, 2.75) is 32.3 Å². The fourth-order valence-corrected chi connectivity index (χ4v) is 1.60. The van der Waals surface area contributed by atoms with E-state index in [2.05, 4.69) is 0 Å². The summed E-state index contributed by atoms with van der Waals surface area (Å²) >= 11 is 5.75. The lowest BCUT2D eigenvalue weighted by atomic mass is 10.0. The summed E-state index contributed by atoms with van der Waals surface area (Å²) in [7, 11) is 0. The molecular formula is C11H14ClFO. The standard InChI is InChI=1S/C11H14ClFO/c1-2-4-9(14)7-8-5-3-6-10(13)11(8)12/h3,5-6,9,14H,2,4,7H2,1H3. The van der Waals surface area contributed by atoms with Crippen LogP contribution >= 0.6 is 11.6 Å². The van der Waals surface area contributed by atoms with Gasteiger partial charge in [0.15, 0.2) is 0 Å². The van der Waals surface area contributed by atoms with Crippen molar-refractivity contribution in [3.8, 4) is 0 Å². The predicted molar refractivity (Wildman–Crippen MR) is 56.0 cm³/mol. The normalized spacial score (nSPS) is 12.9. The van der Waals surface area contributed by atoms with Crippen molar-refractivity contribution in [3.63, 3.8) is 0 Å². The van der Waals surface area contributed by atoms with Gasteiger partial charge in [0.05, 0.1) is 11.1 Å². The molecule has 0 aromatic heterocycles. The Hall–Kier alpha value is -0.600. The van der Waals surface area contributed by atoms with E-state index in [1.807, 2.05) is 6.92 Å². The van der Waals surface area contributed by atoms with Crippen molar-refractivity contribution >= 4 is 11.6 Å². The molecule has 1 rings (SSSR count). The van der Waals surface area contributed by atoms with Crippen molar-refractivity contribution in [2.75, 3.05) is 0 Å². The zero-order valence-corrected chi connectivity index (χ0v) is 8.89. The molecule has 0 heterocycles. The Labute approximate surface area is 88.5 Å². The first kappa shape index (κ1) is 11.5. The average molecular weight is 217 g/mol. The van der Waals surface area contributed by atoms with Gasteiger partial charge in [-0.15, -0.1) is 0 Å². The first-order valence-corrected chi connectivity index (χ1v) is 5.14. The Kier molecular flexibility index (Phi) is 4.36. The van der Waals surface area contributed by atoms with Crippen LogP contribution in [0.2, 0.25) is 5.02 Å². The SMILES string of the molecule is CCCC(O)Cc1cccc(F)c1Cl. The maximum atomic E-state index is 13.0. The molecule has 1 aromatic carbocycles. The molecule has 14 heavy (non-hydrogen) atoms. The lowest BCUT2D eigenvalue weighted by Crippen LogP contribution is -2.10. The van der Waals surface area contributed by atoms with Gasteiger partial charge in [-0.3, -0.25) is 0 Å². The second kappa shape index (κ2) is 5.32. The summed E-state index contributed by atoms with van der Waals surface area (Å²) < 4.78 is 13.0.